The molecule has 1 aliphatic carbocycles. The second kappa shape index (κ2) is 14.7. The lowest BCUT2D eigenvalue weighted by Crippen LogP contribution is -2.31. The normalized spacial score (nSPS) is 13.4. The Kier molecular flexibility index (Phi) is 9.72. The Hall–Kier alpha value is -5.67. The van der Waals surface area contributed by atoms with Gasteiger partial charge < -0.3 is 9.30 Å². The predicted molar refractivity (Wildman–Crippen MR) is 200 cm³/mol. The highest BCUT2D eigenvalue weighted by molar-refractivity contribution is 7.90. The van der Waals surface area contributed by atoms with Crippen molar-refractivity contribution >= 4 is 38.6 Å². The summed E-state index contributed by atoms with van der Waals surface area (Å²) in [6.45, 7) is 1.69. The summed E-state index contributed by atoms with van der Waals surface area (Å²) in [5, 5.41) is 3.91. The Morgan fingerprint density at radius 1 is 0.804 bits per heavy atom. The summed E-state index contributed by atoms with van der Waals surface area (Å²) < 4.78 is 36.0. The number of hydrogen-bond acceptors (Lipinski definition) is 5. The summed E-state index contributed by atoms with van der Waals surface area (Å²) in [6, 6.07) is 40.0. The van der Waals surface area contributed by atoms with Crippen LogP contribution in [0, 0.1) is 6.92 Å². The summed E-state index contributed by atoms with van der Waals surface area (Å²) in [6.07, 6.45) is 6.12. The molecular formula is C42H39N3O5S. The van der Waals surface area contributed by atoms with Crippen molar-refractivity contribution in [1.82, 2.24) is 9.29 Å². The second-order valence-electron chi connectivity index (χ2n) is 13.0. The quantitative estimate of drug-likeness (QED) is 0.149. The molecule has 0 radical (unpaired) electrons. The first-order valence-electron chi connectivity index (χ1n) is 17.2. The van der Waals surface area contributed by atoms with E-state index in [1.165, 1.54) is 6.07 Å². The van der Waals surface area contributed by atoms with Crippen molar-refractivity contribution in [3.63, 3.8) is 0 Å². The summed E-state index contributed by atoms with van der Waals surface area (Å²) in [5.41, 5.74) is 6.64. The van der Waals surface area contributed by atoms with Gasteiger partial charge in [-0.25, -0.2) is 17.9 Å². The largest absolute Gasteiger partial charge is 0.446 e. The predicted octanol–water partition coefficient (Wildman–Crippen LogP) is 8.79. The Morgan fingerprint density at radius 3 is 2.08 bits per heavy atom. The van der Waals surface area contributed by atoms with Crippen LogP contribution in [0.1, 0.15) is 69.9 Å². The number of aromatic nitrogens is 1. The molecule has 0 aliphatic heterocycles. The number of carbonyl (C=O) groups excluding carboxylic acids is 2. The Balaban J connectivity index is 1.21. The number of anilines is 1. The highest BCUT2D eigenvalue weighted by Crippen LogP contribution is 2.35. The average Bonchev–Trinajstić information content (AvgIpc) is 3.77. The van der Waals surface area contributed by atoms with Gasteiger partial charge in [-0.1, -0.05) is 91.0 Å². The number of ether oxygens (including phenoxy) is 1. The fourth-order valence-corrected chi connectivity index (χ4v) is 8.16. The zero-order chi connectivity index (χ0) is 35.4. The van der Waals surface area contributed by atoms with Crippen LogP contribution in [0.5, 0.6) is 0 Å². The lowest BCUT2D eigenvalue weighted by Gasteiger charge is -2.21. The van der Waals surface area contributed by atoms with Crippen molar-refractivity contribution in [2.45, 2.75) is 56.1 Å². The van der Waals surface area contributed by atoms with Gasteiger partial charge in [-0.2, -0.15) is 0 Å². The van der Waals surface area contributed by atoms with Crippen LogP contribution < -0.4 is 10.0 Å². The first kappa shape index (κ1) is 33.8. The molecule has 5 aromatic carbocycles. The first-order chi connectivity index (χ1) is 24.7. The van der Waals surface area contributed by atoms with Crippen molar-refractivity contribution in [3.8, 4) is 0 Å². The molecule has 0 spiro atoms. The van der Waals surface area contributed by atoms with Gasteiger partial charge in [-0.15, -0.1) is 0 Å². The van der Waals surface area contributed by atoms with Gasteiger partial charge in [0.2, 0.25) is 0 Å². The van der Waals surface area contributed by atoms with E-state index in [4.69, 9.17) is 4.74 Å². The molecular weight excluding hydrogens is 659 g/mol. The lowest BCUT2D eigenvalue weighted by atomic mass is 9.98. The van der Waals surface area contributed by atoms with Gasteiger partial charge in [0.1, 0.15) is 6.10 Å². The van der Waals surface area contributed by atoms with Gasteiger partial charge in [0, 0.05) is 28.4 Å². The molecule has 9 heteroatoms. The van der Waals surface area contributed by atoms with Gasteiger partial charge in [0.05, 0.1) is 10.9 Å². The number of amides is 2. The number of benzene rings is 5. The van der Waals surface area contributed by atoms with Crippen molar-refractivity contribution in [2.75, 3.05) is 5.32 Å². The van der Waals surface area contributed by atoms with Crippen LogP contribution in [0.25, 0.3) is 10.9 Å². The van der Waals surface area contributed by atoms with Crippen molar-refractivity contribution < 1.29 is 22.7 Å². The molecule has 2 N–H and O–H groups in total. The van der Waals surface area contributed by atoms with E-state index < -0.39 is 22.0 Å². The zero-order valence-electron chi connectivity index (χ0n) is 28.3. The molecule has 1 aromatic heterocycles. The average molecular weight is 698 g/mol. The lowest BCUT2D eigenvalue weighted by molar-refractivity contribution is 0.0981. The minimum absolute atomic E-state index is 0.0458. The molecule has 7 rings (SSSR count). The number of aryl methyl sites for hydroxylation is 1. The molecule has 1 fully saturated rings. The molecule has 1 saturated carbocycles. The van der Waals surface area contributed by atoms with Gasteiger partial charge in [0.15, 0.2) is 0 Å². The summed E-state index contributed by atoms with van der Waals surface area (Å²) >= 11 is 0. The molecule has 1 heterocycles. The van der Waals surface area contributed by atoms with Gasteiger partial charge in [-0.3, -0.25) is 10.1 Å². The highest BCUT2D eigenvalue weighted by Gasteiger charge is 2.23. The Bertz CT molecular complexity index is 2240. The molecule has 51 heavy (non-hydrogen) atoms. The second-order valence-corrected chi connectivity index (χ2v) is 14.7. The van der Waals surface area contributed by atoms with E-state index in [1.54, 1.807) is 37.3 Å². The van der Waals surface area contributed by atoms with E-state index in [9.17, 15) is 18.0 Å². The minimum atomic E-state index is -4.03. The molecule has 6 aromatic rings. The number of carbonyl (C=O) groups is 2. The van der Waals surface area contributed by atoms with E-state index >= 15 is 0 Å². The minimum Gasteiger partial charge on any atom is -0.446 e. The maximum atomic E-state index is 13.0. The SMILES string of the molecule is Cc1ccccc1S(=O)(=O)NC(=O)c1ccc(Cc2cn(C(c3ccccc3)c3ccccc3)c3ccc(NC(=O)OC4CCCC4)cc23)cc1. The van der Waals surface area contributed by atoms with E-state index in [2.05, 4.69) is 45.1 Å². The molecule has 2 amide bonds. The topological polar surface area (TPSA) is 107 Å². The summed E-state index contributed by atoms with van der Waals surface area (Å²) in [5.74, 6) is -0.699. The highest BCUT2D eigenvalue weighted by atomic mass is 32.2. The number of fused-ring (bicyclic) bond motifs is 1. The summed E-state index contributed by atoms with van der Waals surface area (Å²) in [4.78, 5) is 25.9. The van der Waals surface area contributed by atoms with Crippen LogP contribution >= 0.6 is 0 Å². The molecule has 0 saturated heterocycles. The van der Waals surface area contributed by atoms with Crippen LogP contribution in [-0.2, 0) is 21.2 Å². The summed E-state index contributed by atoms with van der Waals surface area (Å²) in [7, 11) is -4.03. The number of nitrogens with zero attached hydrogens (tertiary/aromatic N) is 1. The number of nitrogens with one attached hydrogen (secondary N) is 2. The van der Waals surface area contributed by atoms with E-state index in [-0.39, 0.29) is 22.6 Å². The van der Waals surface area contributed by atoms with E-state index in [1.807, 2.05) is 66.7 Å². The van der Waals surface area contributed by atoms with Crippen molar-refractivity contribution in [1.29, 1.82) is 0 Å². The number of hydrogen-bond donors (Lipinski definition) is 2. The maximum absolute atomic E-state index is 13.0. The zero-order valence-corrected chi connectivity index (χ0v) is 29.1. The fraction of sp³-hybridized carbons (Fsp3) is 0.190. The fourth-order valence-electron chi connectivity index (χ4n) is 6.93. The van der Waals surface area contributed by atoms with Gasteiger partial charge in [0.25, 0.3) is 15.9 Å². The van der Waals surface area contributed by atoms with Crippen LogP contribution in [-0.4, -0.2) is 31.1 Å². The van der Waals surface area contributed by atoms with Crippen molar-refractivity contribution in [3.05, 3.63) is 167 Å². The number of sulfonamides is 1. The standard InChI is InChI=1S/C42H39N3O5S/c1-29-12-8-11-19-39(29)51(48,49)44-41(46)33-22-20-30(21-23-33)26-34-28-45(40(31-13-4-2-5-14-31)32-15-6-3-7-16-32)38-25-24-35(27-37(34)38)43-42(47)50-36-17-9-10-18-36/h2-8,11-16,19-25,27-28,36,40H,9-10,17-18,26H2,1H3,(H,43,47)(H,44,46). The molecule has 0 unspecified atom stereocenters. The van der Waals surface area contributed by atoms with E-state index in [0.29, 0.717) is 17.7 Å². The Morgan fingerprint density at radius 2 is 1.43 bits per heavy atom. The Labute approximate surface area is 298 Å². The van der Waals surface area contributed by atoms with Crippen LogP contribution in [0.3, 0.4) is 0 Å². The molecule has 0 atom stereocenters. The third-order valence-corrected chi connectivity index (χ3v) is 11.0. The van der Waals surface area contributed by atoms with Crippen LogP contribution in [0.2, 0.25) is 0 Å². The van der Waals surface area contributed by atoms with Crippen LogP contribution in [0.15, 0.2) is 138 Å². The monoisotopic (exact) mass is 697 g/mol. The van der Waals surface area contributed by atoms with E-state index in [0.717, 1.165) is 58.8 Å². The van der Waals surface area contributed by atoms with Crippen molar-refractivity contribution in [2.24, 2.45) is 0 Å². The first-order valence-corrected chi connectivity index (χ1v) is 18.7. The third-order valence-electron chi connectivity index (χ3n) is 9.47. The number of rotatable bonds is 10. The molecule has 258 valence electrons. The van der Waals surface area contributed by atoms with Gasteiger partial charge >= 0.3 is 6.09 Å². The van der Waals surface area contributed by atoms with Crippen LogP contribution in [0.4, 0.5) is 10.5 Å². The molecule has 0 bridgehead atoms. The third kappa shape index (κ3) is 7.59. The smallest absolute Gasteiger partial charge is 0.411 e. The molecule has 1 aliphatic rings. The van der Waals surface area contributed by atoms with Gasteiger partial charge in [-0.05, 0) is 103 Å². The molecule has 8 nitrogen and oxygen atoms in total. The maximum Gasteiger partial charge on any atom is 0.411 e.